The Bertz CT molecular complexity index is 714. The van der Waals surface area contributed by atoms with Gasteiger partial charge in [0.1, 0.15) is 0 Å². The first-order chi connectivity index (χ1) is 12.1. The summed E-state index contributed by atoms with van der Waals surface area (Å²) >= 11 is 0. The summed E-state index contributed by atoms with van der Waals surface area (Å²) in [7, 11) is 1.62. The van der Waals surface area contributed by atoms with Gasteiger partial charge in [-0.05, 0) is 25.0 Å². The van der Waals surface area contributed by atoms with E-state index >= 15 is 0 Å². The monoisotopic (exact) mass is 341 g/mol. The first-order valence-corrected chi connectivity index (χ1v) is 8.16. The number of aromatic nitrogens is 1. The number of benzene rings is 1. The van der Waals surface area contributed by atoms with E-state index in [0.29, 0.717) is 30.8 Å². The third kappa shape index (κ3) is 6.00. The van der Waals surface area contributed by atoms with E-state index < -0.39 is 0 Å². The maximum absolute atomic E-state index is 12.3. The summed E-state index contributed by atoms with van der Waals surface area (Å²) in [5, 5.41) is 5.61. The smallest absolute Gasteiger partial charge is 0.253 e. The fourth-order valence-electron chi connectivity index (χ4n) is 2.20. The highest BCUT2D eigenvalue weighted by molar-refractivity contribution is 5.99. The molecule has 0 unspecified atom stereocenters. The molecule has 2 rings (SSSR count). The second-order valence-corrected chi connectivity index (χ2v) is 5.73. The molecule has 2 N–H and O–H groups in total. The first-order valence-electron chi connectivity index (χ1n) is 8.16. The van der Waals surface area contributed by atoms with Gasteiger partial charge in [0, 0.05) is 39.2 Å². The van der Waals surface area contributed by atoms with Crippen LogP contribution < -0.4 is 10.6 Å². The van der Waals surface area contributed by atoms with Crippen LogP contribution in [0.4, 0.5) is 0 Å². The molecule has 2 amide bonds. The van der Waals surface area contributed by atoms with Crippen LogP contribution in [0.15, 0.2) is 42.7 Å². The second kappa shape index (κ2) is 9.54. The Morgan fingerprint density at radius 1 is 1.04 bits per heavy atom. The number of ether oxygens (including phenoxy) is 1. The van der Waals surface area contributed by atoms with Crippen LogP contribution in [0.5, 0.6) is 0 Å². The summed E-state index contributed by atoms with van der Waals surface area (Å²) < 4.78 is 4.93. The Morgan fingerprint density at radius 3 is 2.32 bits per heavy atom. The molecule has 0 atom stereocenters. The minimum atomic E-state index is -0.262. The molecule has 0 bridgehead atoms. The standard InChI is InChI=1S/C19H23N3O3/c1-14-4-6-15(7-5-14)11-22-19(24)17-10-16(12-20-13-17)18(23)21-8-3-9-25-2/h4-7,10,12-13H,3,8-9,11H2,1-2H3,(H,21,23)(H,22,24). The van der Waals surface area contributed by atoms with Crippen molar-refractivity contribution < 1.29 is 14.3 Å². The molecule has 0 saturated carbocycles. The number of nitrogens with one attached hydrogen (secondary N) is 2. The van der Waals surface area contributed by atoms with Gasteiger partial charge < -0.3 is 15.4 Å². The van der Waals surface area contributed by atoms with Crippen LogP contribution in [0.2, 0.25) is 0 Å². The van der Waals surface area contributed by atoms with Gasteiger partial charge in [0.15, 0.2) is 0 Å². The van der Waals surface area contributed by atoms with Crippen LogP contribution in [0.25, 0.3) is 0 Å². The van der Waals surface area contributed by atoms with Crippen LogP contribution in [0.3, 0.4) is 0 Å². The number of nitrogens with zero attached hydrogens (tertiary/aromatic N) is 1. The Hall–Kier alpha value is -2.73. The molecule has 1 heterocycles. The van der Waals surface area contributed by atoms with E-state index in [1.165, 1.54) is 18.0 Å². The van der Waals surface area contributed by atoms with Gasteiger partial charge in [-0.2, -0.15) is 0 Å². The van der Waals surface area contributed by atoms with E-state index in [9.17, 15) is 9.59 Å². The molecule has 6 nitrogen and oxygen atoms in total. The van der Waals surface area contributed by atoms with E-state index in [2.05, 4.69) is 15.6 Å². The van der Waals surface area contributed by atoms with E-state index in [4.69, 9.17) is 4.74 Å². The molecule has 132 valence electrons. The Balaban J connectivity index is 1.91. The van der Waals surface area contributed by atoms with Crippen molar-refractivity contribution in [3.05, 3.63) is 65.0 Å². The van der Waals surface area contributed by atoms with Crippen molar-refractivity contribution in [1.82, 2.24) is 15.6 Å². The van der Waals surface area contributed by atoms with Gasteiger partial charge in [-0.3, -0.25) is 14.6 Å². The predicted molar refractivity (Wildman–Crippen MR) is 95.4 cm³/mol. The quantitative estimate of drug-likeness (QED) is 0.721. The lowest BCUT2D eigenvalue weighted by Crippen LogP contribution is -2.27. The molecule has 2 aromatic rings. The molecular formula is C19H23N3O3. The Labute approximate surface area is 147 Å². The summed E-state index contributed by atoms with van der Waals surface area (Å²) in [5.41, 5.74) is 2.90. The summed E-state index contributed by atoms with van der Waals surface area (Å²) in [6.07, 6.45) is 3.63. The van der Waals surface area contributed by atoms with E-state index in [-0.39, 0.29) is 11.8 Å². The molecule has 6 heteroatoms. The van der Waals surface area contributed by atoms with Crippen molar-refractivity contribution in [2.45, 2.75) is 19.9 Å². The number of hydrogen-bond acceptors (Lipinski definition) is 4. The Morgan fingerprint density at radius 2 is 1.68 bits per heavy atom. The molecule has 1 aromatic heterocycles. The minimum absolute atomic E-state index is 0.253. The van der Waals surface area contributed by atoms with E-state index in [1.807, 2.05) is 31.2 Å². The number of carbonyl (C=O) groups excluding carboxylic acids is 2. The van der Waals surface area contributed by atoms with Crippen molar-refractivity contribution in [2.75, 3.05) is 20.3 Å². The van der Waals surface area contributed by atoms with Gasteiger partial charge in [-0.15, -0.1) is 0 Å². The molecule has 0 aliphatic rings. The summed E-state index contributed by atoms with van der Waals surface area (Å²) in [6.45, 7) is 3.53. The van der Waals surface area contributed by atoms with Gasteiger partial charge in [-0.25, -0.2) is 0 Å². The second-order valence-electron chi connectivity index (χ2n) is 5.73. The zero-order valence-electron chi connectivity index (χ0n) is 14.5. The largest absolute Gasteiger partial charge is 0.385 e. The van der Waals surface area contributed by atoms with Gasteiger partial charge in [0.25, 0.3) is 11.8 Å². The third-order valence-corrected chi connectivity index (χ3v) is 3.65. The highest BCUT2D eigenvalue weighted by Gasteiger charge is 2.11. The van der Waals surface area contributed by atoms with Crippen molar-refractivity contribution in [3.8, 4) is 0 Å². The lowest BCUT2D eigenvalue weighted by molar-refractivity contribution is 0.0948. The fourth-order valence-corrected chi connectivity index (χ4v) is 2.20. The van der Waals surface area contributed by atoms with Crippen molar-refractivity contribution in [3.63, 3.8) is 0 Å². The number of carbonyl (C=O) groups is 2. The summed E-state index contributed by atoms with van der Waals surface area (Å²) in [6, 6.07) is 9.48. The Kier molecular flexibility index (Phi) is 7.10. The zero-order valence-corrected chi connectivity index (χ0v) is 14.5. The van der Waals surface area contributed by atoms with Crippen LogP contribution in [0.1, 0.15) is 38.3 Å². The molecule has 0 fully saturated rings. The molecule has 0 radical (unpaired) electrons. The molecule has 25 heavy (non-hydrogen) atoms. The number of pyridine rings is 1. The minimum Gasteiger partial charge on any atom is -0.385 e. The van der Waals surface area contributed by atoms with Crippen LogP contribution in [-0.2, 0) is 11.3 Å². The van der Waals surface area contributed by atoms with Gasteiger partial charge in [0.05, 0.1) is 11.1 Å². The SMILES string of the molecule is COCCCNC(=O)c1cncc(C(=O)NCc2ccc(C)cc2)c1. The van der Waals surface area contributed by atoms with Crippen molar-refractivity contribution >= 4 is 11.8 Å². The maximum atomic E-state index is 12.3. The average molecular weight is 341 g/mol. The van der Waals surface area contributed by atoms with Crippen LogP contribution in [0, 0.1) is 6.92 Å². The predicted octanol–water partition coefficient (Wildman–Crippen LogP) is 2.09. The molecule has 0 aliphatic carbocycles. The van der Waals surface area contributed by atoms with Gasteiger partial charge >= 0.3 is 0 Å². The highest BCUT2D eigenvalue weighted by Crippen LogP contribution is 2.06. The fraction of sp³-hybridized carbons (Fsp3) is 0.316. The average Bonchev–Trinajstić information content (AvgIpc) is 2.64. The van der Waals surface area contributed by atoms with Crippen molar-refractivity contribution in [1.29, 1.82) is 0 Å². The molecular weight excluding hydrogens is 318 g/mol. The summed E-state index contributed by atoms with van der Waals surface area (Å²) in [4.78, 5) is 28.3. The number of amides is 2. The number of aryl methyl sites for hydroxylation is 1. The zero-order chi connectivity index (χ0) is 18.1. The van der Waals surface area contributed by atoms with Crippen LogP contribution >= 0.6 is 0 Å². The molecule has 0 aliphatic heterocycles. The number of hydrogen-bond donors (Lipinski definition) is 2. The molecule has 1 aromatic carbocycles. The van der Waals surface area contributed by atoms with E-state index in [0.717, 1.165) is 12.0 Å². The molecule has 0 saturated heterocycles. The van der Waals surface area contributed by atoms with Gasteiger partial charge in [-0.1, -0.05) is 29.8 Å². The summed E-state index contributed by atoms with van der Waals surface area (Å²) in [5.74, 6) is -0.515. The normalized spacial score (nSPS) is 10.3. The molecule has 0 spiro atoms. The number of methoxy groups -OCH3 is 1. The van der Waals surface area contributed by atoms with E-state index in [1.54, 1.807) is 13.2 Å². The number of rotatable bonds is 8. The lowest BCUT2D eigenvalue weighted by Gasteiger charge is -2.08. The van der Waals surface area contributed by atoms with Crippen molar-refractivity contribution in [2.24, 2.45) is 0 Å². The lowest BCUT2D eigenvalue weighted by atomic mass is 10.1. The first kappa shape index (κ1) is 18.6. The third-order valence-electron chi connectivity index (χ3n) is 3.65. The topological polar surface area (TPSA) is 80.3 Å². The van der Waals surface area contributed by atoms with Gasteiger partial charge in [0.2, 0.25) is 0 Å². The maximum Gasteiger partial charge on any atom is 0.253 e. The van der Waals surface area contributed by atoms with Crippen LogP contribution in [-0.4, -0.2) is 37.1 Å². The highest BCUT2D eigenvalue weighted by atomic mass is 16.5.